The zero-order valence-electron chi connectivity index (χ0n) is 16.2. The molecule has 1 amide bonds. The van der Waals surface area contributed by atoms with Crippen molar-refractivity contribution >= 4 is 5.91 Å². The van der Waals surface area contributed by atoms with Crippen LogP contribution in [0, 0.1) is 0 Å². The van der Waals surface area contributed by atoms with E-state index in [0.717, 1.165) is 43.0 Å². The lowest BCUT2D eigenvalue weighted by Crippen LogP contribution is -2.38. The number of likely N-dealkylation sites (tertiary alicyclic amines) is 1. The highest BCUT2D eigenvalue weighted by Crippen LogP contribution is 2.28. The second-order valence-electron chi connectivity index (χ2n) is 7.80. The van der Waals surface area contributed by atoms with E-state index in [2.05, 4.69) is 22.0 Å². The molecule has 0 aliphatic carbocycles. The predicted octanol–water partition coefficient (Wildman–Crippen LogP) is 2.37. The average Bonchev–Trinajstić information content (AvgIpc) is 3.22. The van der Waals surface area contributed by atoms with Crippen molar-refractivity contribution < 1.29 is 4.79 Å². The number of hydrogen-bond donors (Lipinski definition) is 0. The number of aromatic nitrogens is 4. The lowest BCUT2D eigenvalue weighted by molar-refractivity contribution is -0.132. The van der Waals surface area contributed by atoms with Crippen LogP contribution >= 0.6 is 0 Å². The van der Waals surface area contributed by atoms with E-state index in [1.54, 1.807) is 6.20 Å². The van der Waals surface area contributed by atoms with E-state index >= 15 is 0 Å². The van der Waals surface area contributed by atoms with Crippen LogP contribution in [0.15, 0.2) is 24.7 Å². The van der Waals surface area contributed by atoms with Crippen molar-refractivity contribution in [1.82, 2.24) is 29.5 Å². The fraction of sp³-hybridized carbons (Fsp3) is 0.600. The minimum absolute atomic E-state index is 0.0642. The van der Waals surface area contributed by atoms with Gasteiger partial charge in [-0.2, -0.15) is 5.10 Å². The van der Waals surface area contributed by atoms with Gasteiger partial charge < -0.3 is 4.90 Å². The molecule has 27 heavy (non-hydrogen) atoms. The zero-order chi connectivity index (χ0) is 18.8. The molecule has 7 nitrogen and oxygen atoms in total. The topological polar surface area (TPSA) is 67.2 Å². The number of carbonyl (C=O) groups excluding carboxylic acids is 1. The minimum atomic E-state index is 0.0642. The van der Waals surface area contributed by atoms with Gasteiger partial charge in [-0.1, -0.05) is 6.42 Å². The summed E-state index contributed by atoms with van der Waals surface area (Å²) in [6.45, 7) is 4.48. The fourth-order valence-electron chi connectivity index (χ4n) is 4.12. The lowest BCUT2D eigenvalue weighted by atomic mass is 10.0. The molecule has 0 bridgehead atoms. The van der Waals surface area contributed by atoms with Crippen LogP contribution in [0.25, 0.3) is 0 Å². The minimum Gasteiger partial charge on any atom is -0.338 e. The normalized spacial score (nSPS) is 21.7. The average molecular weight is 368 g/mol. The molecule has 2 aromatic heterocycles. The molecule has 1 fully saturated rings. The SMILES string of the molecule is C[C@H](CC(=O)N1CCc2nc([C@@H]3CCCCN3C)ncc2C1)n1cccn1. The van der Waals surface area contributed by atoms with Crippen molar-refractivity contribution in [2.24, 2.45) is 0 Å². The first-order valence-corrected chi connectivity index (χ1v) is 9.93. The number of fused-ring (bicyclic) bond motifs is 1. The van der Waals surface area contributed by atoms with Crippen molar-refractivity contribution in [3.05, 3.63) is 41.7 Å². The number of rotatable bonds is 4. The summed E-state index contributed by atoms with van der Waals surface area (Å²) in [7, 11) is 2.16. The number of piperidine rings is 1. The van der Waals surface area contributed by atoms with Gasteiger partial charge in [-0.25, -0.2) is 9.97 Å². The van der Waals surface area contributed by atoms with Gasteiger partial charge in [0.05, 0.1) is 17.8 Å². The fourth-order valence-corrected chi connectivity index (χ4v) is 4.12. The van der Waals surface area contributed by atoms with E-state index in [1.165, 1.54) is 12.8 Å². The van der Waals surface area contributed by atoms with Crippen LogP contribution in [0.3, 0.4) is 0 Å². The van der Waals surface area contributed by atoms with Gasteiger partial charge in [0.2, 0.25) is 5.91 Å². The Morgan fingerprint density at radius 1 is 1.33 bits per heavy atom. The standard InChI is InChI=1S/C20H28N6O/c1-15(26-10-5-8-22-26)12-19(27)25-11-7-17-16(14-25)13-21-20(23-17)18-6-3-4-9-24(18)2/h5,8,10,13,15,18H,3-4,6-7,9,11-12,14H2,1-2H3/t15-,18+/m1/s1. The molecule has 0 N–H and O–H groups in total. The van der Waals surface area contributed by atoms with E-state index in [4.69, 9.17) is 4.98 Å². The molecule has 1 saturated heterocycles. The highest BCUT2D eigenvalue weighted by atomic mass is 16.2. The van der Waals surface area contributed by atoms with Crippen LogP contribution in [0.5, 0.6) is 0 Å². The first-order chi connectivity index (χ1) is 13.1. The smallest absolute Gasteiger partial charge is 0.225 e. The second kappa shape index (κ2) is 7.76. The molecule has 2 aliphatic heterocycles. The maximum atomic E-state index is 12.7. The van der Waals surface area contributed by atoms with Crippen LogP contribution in [0.4, 0.5) is 0 Å². The Hall–Kier alpha value is -2.28. The van der Waals surface area contributed by atoms with Gasteiger partial charge in [0.25, 0.3) is 0 Å². The Morgan fingerprint density at radius 3 is 3.00 bits per heavy atom. The van der Waals surface area contributed by atoms with Crippen molar-refractivity contribution in [3.8, 4) is 0 Å². The van der Waals surface area contributed by atoms with Crippen LogP contribution in [-0.2, 0) is 17.8 Å². The zero-order valence-corrected chi connectivity index (χ0v) is 16.2. The summed E-state index contributed by atoms with van der Waals surface area (Å²) in [5.41, 5.74) is 2.20. The third-order valence-electron chi connectivity index (χ3n) is 5.82. The number of amides is 1. The van der Waals surface area contributed by atoms with Gasteiger partial charge in [-0.05, 0) is 39.4 Å². The van der Waals surface area contributed by atoms with E-state index in [-0.39, 0.29) is 11.9 Å². The molecule has 2 aromatic rings. The summed E-state index contributed by atoms with van der Waals surface area (Å²) < 4.78 is 1.84. The van der Waals surface area contributed by atoms with E-state index in [9.17, 15) is 4.79 Å². The summed E-state index contributed by atoms with van der Waals surface area (Å²) in [4.78, 5) is 26.5. The van der Waals surface area contributed by atoms with Crippen molar-refractivity contribution in [2.75, 3.05) is 20.1 Å². The summed E-state index contributed by atoms with van der Waals surface area (Å²) in [6.07, 6.45) is 10.5. The van der Waals surface area contributed by atoms with E-state index in [0.29, 0.717) is 19.0 Å². The van der Waals surface area contributed by atoms with Crippen LogP contribution in [0.1, 0.15) is 61.8 Å². The molecule has 4 rings (SSSR count). The third-order valence-corrected chi connectivity index (χ3v) is 5.82. The summed E-state index contributed by atoms with van der Waals surface area (Å²) in [6, 6.07) is 2.28. The van der Waals surface area contributed by atoms with Gasteiger partial charge in [0.15, 0.2) is 0 Å². The first-order valence-electron chi connectivity index (χ1n) is 9.93. The molecule has 0 unspecified atom stereocenters. The van der Waals surface area contributed by atoms with E-state index < -0.39 is 0 Å². The lowest BCUT2D eigenvalue weighted by Gasteiger charge is -2.33. The maximum absolute atomic E-state index is 12.7. The molecular weight excluding hydrogens is 340 g/mol. The molecule has 0 radical (unpaired) electrons. The van der Waals surface area contributed by atoms with Crippen molar-refractivity contribution in [3.63, 3.8) is 0 Å². The van der Waals surface area contributed by atoms with Crippen LogP contribution in [-0.4, -0.2) is 55.6 Å². The molecule has 0 saturated carbocycles. The van der Waals surface area contributed by atoms with Crippen molar-refractivity contribution in [1.29, 1.82) is 0 Å². The molecule has 2 atom stereocenters. The summed E-state index contributed by atoms with van der Waals surface area (Å²) >= 11 is 0. The number of hydrogen-bond acceptors (Lipinski definition) is 5. The molecule has 0 aromatic carbocycles. The van der Waals surface area contributed by atoms with Gasteiger partial charge in [0.1, 0.15) is 5.82 Å². The van der Waals surface area contributed by atoms with E-state index in [1.807, 2.05) is 35.0 Å². The maximum Gasteiger partial charge on any atom is 0.225 e. The molecule has 4 heterocycles. The molecular formula is C20H28N6O. The third kappa shape index (κ3) is 3.88. The van der Waals surface area contributed by atoms with Crippen LogP contribution < -0.4 is 0 Å². The van der Waals surface area contributed by atoms with Crippen LogP contribution in [0.2, 0.25) is 0 Å². The Labute approximate surface area is 160 Å². The number of nitrogens with zero attached hydrogens (tertiary/aromatic N) is 6. The molecule has 2 aliphatic rings. The van der Waals surface area contributed by atoms with Gasteiger partial charge in [-0.3, -0.25) is 14.4 Å². The molecule has 144 valence electrons. The summed E-state index contributed by atoms with van der Waals surface area (Å²) in [5, 5.41) is 4.23. The quantitative estimate of drug-likeness (QED) is 0.829. The highest BCUT2D eigenvalue weighted by Gasteiger charge is 2.27. The Balaban J connectivity index is 1.42. The molecule has 0 spiro atoms. The van der Waals surface area contributed by atoms with Gasteiger partial charge in [-0.15, -0.1) is 0 Å². The molecule has 7 heteroatoms. The highest BCUT2D eigenvalue weighted by molar-refractivity contribution is 5.76. The number of carbonyl (C=O) groups is 1. The Bertz CT molecular complexity index is 790. The van der Waals surface area contributed by atoms with Gasteiger partial charge in [0, 0.05) is 50.1 Å². The first kappa shape index (κ1) is 18.1. The monoisotopic (exact) mass is 368 g/mol. The second-order valence-corrected chi connectivity index (χ2v) is 7.80. The Morgan fingerprint density at radius 2 is 2.22 bits per heavy atom. The largest absolute Gasteiger partial charge is 0.338 e. The Kier molecular flexibility index (Phi) is 5.20. The summed E-state index contributed by atoms with van der Waals surface area (Å²) in [5.74, 6) is 1.11. The predicted molar refractivity (Wildman–Crippen MR) is 102 cm³/mol. The van der Waals surface area contributed by atoms with Crippen molar-refractivity contribution in [2.45, 2.75) is 57.7 Å². The van der Waals surface area contributed by atoms with Gasteiger partial charge >= 0.3 is 0 Å².